The van der Waals surface area contributed by atoms with Crippen LogP contribution in [0.4, 0.5) is 5.82 Å². The summed E-state index contributed by atoms with van der Waals surface area (Å²) >= 11 is 0. The highest BCUT2D eigenvalue weighted by molar-refractivity contribution is 5.93. The van der Waals surface area contributed by atoms with Gasteiger partial charge in [-0.05, 0) is 13.3 Å². The third-order valence-electron chi connectivity index (χ3n) is 1.87. The summed E-state index contributed by atoms with van der Waals surface area (Å²) in [6.45, 7) is 5.24. The van der Waals surface area contributed by atoms with Crippen molar-refractivity contribution in [2.75, 3.05) is 12.3 Å². The largest absolute Gasteiger partial charge is 0.382 e. The molecule has 0 saturated carbocycles. The molecule has 0 aliphatic rings. The maximum Gasteiger partial charge on any atom is 0.269 e. The second-order valence-corrected chi connectivity index (χ2v) is 3.03. The summed E-state index contributed by atoms with van der Waals surface area (Å²) < 4.78 is 1.60. The van der Waals surface area contributed by atoms with Crippen molar-refractivity contribution in [2.45, 2.75) is 26.8 Å². The Kier molecular flexibility index (Phi) is 3.50. The molecule has 3 N–H and O–H groups in total. The molecule has 0 fully saturated rings. The van der Waals surface area contributed by atoms with Crippen molar-refractivity contribution in [1.29, 1.82) is 0 Å². The Labute approximate surface area is 83.3 Å². The molecule has 0 spiro atoms. The maximum atomic E-state index is 11.6. The van der Waals surface area contributed by atoms with Gasteiger partial charge in [0.25, 0.3) is 5.91 Å². The SMILES string of the molecule is CCCNC(=O)c1cc(N)nn1CC. The molecular formula is C9H16N4O. The number of hydrogen-bond donors (Lipinski definition) is 2. The molecule has 0 radical (unpaired) electrons. The van der Waals surface area contributed by atoms with Gasteiger partial charge in [-0.15, -0.1) is 0 Å². The van der Waals surface area contributed by atoms with Crippen LogP contribution in [-0.2, 0) is 6.54 Å². The predicted octanol–water partition coefficient (Wildman–Crippen LogP) is 0.625. The number of aromatic nitrogens is 2. The van der Waals surface area contributed by atoms with Crippen LogP contribution in [0.2, 0.25) is 0 Å². The standard InChI is InChI=1S/C9H16N4O/c1-3-5-11-9(14)7-6-8(10)12-13(7)4-2/h6H,3-5H2,1-2H3,(H2,10,12)(H,11,14). The number of carbonyl (C=O) groups is 1. The van der Waals surface area contributed by atoms with Gasteiger partial charge in [-0.3, -0.25) is 9.48 Å². The monoisotopic (exact) mass is 196 g/mol. The quantitative estimate of drug-likeness (QED) is 0.741. The van der Waals surface area contributed by atoms with Gasteiger partial charge in [0.05, 0.1) is 0 Å². The normalized spacial score (nSPS) is 10.1. The maximum absolute atomic E-state index is 11.6. The number of carbonyl (C=O) groups excluding carboxylic acids is 1. The summed E-state index contributed by atoms with van der Waals surface area (Å²) in [5.74, 6) is 0.270. The van der Waals surface area contributed by atoms with Gasteiger partial charge >= 0.3 is 0 Å². The first-order valence-electron chi connectivity index (χ1n) is 4.80. The summed E-state index contributed by atoms with van der Waals surface area (Å²) in [6, 6.07) is 1.59. The van der Waals surface area contributed by atoms with E-state index in [-0.39, 0.29) is 5.91 Å². The fourth-order valence-electron chi connectivity index (χ4n) is 1.19. The number of nitrogen functional groups attached to an aromatic ring is 1. The number of amides is 1. The Morgan fingerprint density at radius 1 is 1.64 bits per heavy atom. The highest BCUT2D eigenvalue weighted by Gasteiger charge is 2.11. The summed E-state index contributed by atoms with van der Waals surface area (Å²) in [4.78, 5) is 11.6. The lowest BCUT2D eigenvalue weighted by Crippen LogP contribution is -2.26. The highest BCUT2D eigenvalue weighted by atomic mass is 16.2. The molecule has 5 nitrogen and oxygen atoms in total. The van der Waals surface area contributed by atoms with E-state index in [9.17, 15) is 4.79 Å². The molecule has 5 heteroatoms. The Morgan fingerprint density at radius 3 is 2.93 bits per heavy atom. The van der Waals surface area contributed by atoms with Gasteiger partial charge in [0, 0.05) is 19.2 Å². The number of nitrogens with zero attached hydrogens (tertiary/aromatic N) is 2. The molecule has 78 valence electrons. The highest BCUT2D eigenvalue weighted by Crippen LogP contribution is 2.05. The van der Waals surface area contributed by atoms with Gasteiger partial charge in [-0.2, -0.15) is 5.10 Å². The zero-order chi connectivity index (χ0) is 10.6. The van der Waals surface area contributed by atoms with Crippen LogP contribution in [0.25, 0.3) is 0 Å². The van der Waals surface area contributed by atoms with Crippen LogP contribution in [0.5, 0.6) is 0 Å². The number of hydrogen-bond acceptors (Lipinski definition) is 3. The number of aryl methyl sites for hydroxylation is 1. The number of rotatable bonds is 4. The van der Waals surface area contributed by atoms with Crippen LogP contribution in [0.1, 0.15) is 30.8 Å². The van der Waals surface area contributed by atoms with E-state index in [1.54, 1.807) is 10.7 Å². The first-order chi connectivity index (χ1) is 6.69. The first-order valence-corrected chi connectivity index (χ1v) is 4.80. The van der Waals surface area contributed by atoms with Crippen LogP contribution in [-0.4, -0.2) is 22.2 Å². The van der Waals surface area contributed by atoms with Crippen molar-refractivity contribution in [3.63, 3.8) is 0 Å². The van der Waals surface area contributed by atoms with Crippen LogP contribution in [0.3, 0.4) is 0 Å². The van der Waals surface area contributed by atoms with E-state index in [1.165, 1.54) is 0 Å². The van der Waals surface area contributed by atoms with Crippen LogP contribution in [0.15, 0.2) is 6.07 Å². The van der Waals surface area contributed by atoms with Gasteiger partial charge in [0.15, 0.2) is 0 Å². The minimum atomic E-state index is -0.113. The lowest BCUT2D eigenvalue weighted by Gasteiger charge is -2.04. The van der Waals surface area contributed by atoms with Crippen molar-refractivity contribution >= 4 is 11.7 Å². The van der Waals surface area contributed by atoms with E-state index in [0.29, 0.717) is 24.6 Å². The molecule has 1 amide bonds. The number of anilines is 1. The van der Waals surface area contributed by atoms with E-state index < -0.39 is 0 Å². The molecule has 14 heavy (non-hydrogen) atoms. The predicted molar refractivity (Wildman–Crippen MR) is 54.9 cm³/mol. The summed E-state index contributed by atoms with van der Waals surface area (Å²) in [5.41, 5.74) is 6.04. The van der Waals surface area contributed by atoms with Gasteiger partial charge < -0.3 is 11.1 Å². The summed E-state index contributed by atoms with van der Waals surface area (Å²) in [6.07, 6.45) is 0.918. The fraction of sp³-hybridized carbons (Fsp3) is 0.556. The second-order valence-electron chi connectivity index (χ2n) is 3.03. The molecule has 0 aromatic carbocycles. The van der Waals surface area contributed by atoms with Crippen molar-refractivity contribution in [1.82, 2.24) is 15.1 Å². The Balaban J connectivity index is 2.77. The van der Waals surface area contributed by atoms with Crippen molar-refractivity contribution in [3.05, 3.63) is 11.8 Å². The summed E-state index contributed by atoms with van der Waals surface area (Å²) in [7, 11) is 0. The van der Waals surface area contributed by atoms with E-state index >= 15 is 0 Å². The molecule has 1 aromatic heterocycles. The molecule has 0 unspecified atom stereocenters. The molecule has 1 aromatic rings. The molecule has 0 bridgehead atoms. The van der Waals surface area contributed by atoms with Crippen molar-refractivity contribution < 1.29 is 4.79 Å². The fourth-order valence-corrected chi connectivity index (χ4v) is 1.19. The van der Waals surface area contributed by atoms with E-state index in [0.717, 1.165) is 6.42 Å². The Hall–Kier alpha value is -1.52. The van der Waals surface area contributed by atoms with Gasteiger partial charge in [0.1, 0.15) is 11.5 Å². The lowest BCUT2D eigenvalue weighted by atomic mass is 10.3. The van der Waals surface area contributed by atoms with E-state index in [4.69, 9.17) is 5.73 Å². The number of nitrogens with one attached hydrogen (secondary N) is 1. The van der Waals surface area contributed by atoms with Crippen LogP contribution in [0, 0.1) is 0 Å². The van der Waals surface area contributed by atoms with Gasteiger partial charge in [-0.25, -0.2) is 0 Å². The topological polar surface area (TPSA) is 72.9 Å². The van der Waals surface area contributed by atoms with Crippen LogP contribution >= 0.6 is 0 Å². The molecule has 0 aliphatic heterocycles. The molecule has 0 aliphatic carbocycles. The third kappa shape index (κ3) is 2.25. The van der Waals surface area contributed by atoms with Crippen molar-refractivity contribution in [3.8, 4) is 0 Å². The van der Waals surface area contributed by atoms with Crippen LogP contribution < -0.4 is 11.1 Å². The second kappa shape index (κ2) is 4.64. The zero-order valence-corrected chi connectivity index (χ0v) is 8.58. The summed E-state index contributed by atoms with van der Waals surface area (Å²) in [5, 5.41) is 6.77. The minimum absolute atomic E-state index is 0.113. The molecule has 1 rings (SSSR count). The molecule has 0 atom stereocenters. The Bertz CT molecular complexity index is 319. The smallest absolute Gasteiger partial charge is 0.269 e. The van der Waals surface area contributed by atoms with Gasteiger partial charge in [-0.1, -0.05) is 6.92 Å². The zero-order valence-electron chi connectivity index (χ0n) is 8.58. The lowest BCUT2D eigenvalue weighted by molar-refractivity contribution is 0.0943. The average molecular weight is 196 g/mol. The average Bonchev–Trinajstić information content (AvgIpc) is 2.56. The Morgan fingerprint density at radius 2 is 2.36 bits per heavy atom. The number of nitrogens with two attached hydrogens (primary N) is 1. The first kappa shape index (κ1) is 10.6. The van der Waals surface area contributed by atoms with Gasteiger partial charge in [0.2, 0.25) is 0 Å². The van der Waals surface area contributed by atoms with Crippen molar-refractivity contribution in [2.24, 2.45) is 0 Å². The molecule has 1 heterocycles. The minimum Gasteiger partial charge on any atom is -0.382 e. The van der Waals surface area contributed by atoms with E-state index in [2.05, 4.69) is 10.4 Å². The molecule has 0 saturated heterocycles. The third-order valence-corrected chi connectivity index (χ3v) is 1.87. The molecular weight excluding hydrogens is 180 g/mol. The van der Waals surface area contributed by atoms with E-state index in [1.807, 2.05) is 13.8 Å².